The van der Waals surface area contributed by atoms with Gasteiger partial charge in [0.05, 0.1) is 17.4 Å². The van der Waals surface area contributed by atoms with Gasteiger partial charge in [-0.3, -0.25) is 4.79 Å². The number of aryl methyl sites for hydroxylation is 1. The number of nitrogens with zero attached hydrogens (tertiary/aromatic N) is 2. The van der Waals surface area contributed by atoms with Crippen LogP contribution in [-0.2, 0) is 17.6 Å². The Kier molecular flexibility index (Phi) is 6.49. The lowest BCUT2D eigenvalue weighted by Crippen LogP contribution is -2.05. The van der Waals surface area contributed by atoms with Crippen LogP contribution in [0.15, 0.2) is 36.4 Å². The standard InChI is InChI=1S/C22H25N3O3S/c1-5-17-14(4)23-22(18-10-11-20(29-18)28-13(2)3)25-21(17)24-16-8-6-15(7-9-16)12-19(26)27/h6-11,13H,5,12H2,1-4H3,(H,26,27)(H,23,24,25). The third-order valence-corrected chi connectivity index (χ3v) is 5.27. The average Bonchev–Trinajstić information content (AvgIpc) is 3.10. The predicted octanol–water partition coefficient (Wildman–Crippen LogP) is 5.23. The van der Waals surface area contributed by atoms with Gasteiger partial charge >= 0.3 is 5.97 Å². The Bertz CT molecular complexity index is 997. The number of carbonyl (C=O) groups is 1. The van der Waals surface area contributed by atoms with Crippen molar-refractivity contribution in [3.63, 3.8) is 0 Å². The first-order valence-corrected chi connectivity index (χ1v) is 10.4. The third-order valence-electron chi connectivity index (χ3n) is 4.29. The van der Waals surface area contributed by atoms with Gasteiger partial charge in [0, 0.05) is 16.9 Å². The molecule has 152 valence electrons. The van der Waals surface area contributed by atoms with Crippen molar-refractivity contribution in [3.05, 3.63) is 53.2 Å². The largest absolute Gasteiger partial charge is 0.481 e. The van der Waals surface area contributed by atoms with Gasteiger partial charge < -0.3 is 15.2 Å². The van der Waals surface area contributed by atoms with Crippen LogP contribution in [0.1, 0.15) is 37.6 Å². The molecule has 0 unspecified atom stereocenters. The van der Waals surface area contributed by atoms with E-state index in [0.717, 1.165) is 44.7 Å². The van der Waals surface area contributed by atoms with E-state index < -0.39 is 5.97 Å². The van der Waals surface area contributed by atoms with Crippen molar-refractivity contribution >= 4 is 28.8 Å². The van der Waals surface area contributed by atoms with E-state index >= 15 is 0 Å². The number of anilines is 2. The molecular formula is C22H25N3O3S. The number of rotatable bonds is 8. The molecule has 3 rings (SSSR count). The summed E-state index contributed by atoms with van der Waals surface area (Å²) >= 11 is 1.53. The van der Waals surface area contributed by atoms with Crippen LogP contribution in [-0.4, -0.2) is 27.1 Å². The van der Waals surface area contributed by atoms with E-state index in [2.05, 4.69) is 12.2 Å². The highest BCUT2D eigenvalue weighted by Crippen LogP contribution is 2.33. The summed E-state index contributed by atoms with van der Waals surface area (Å²) in [5, 5.41) is 13.1. The van der Waals surface area contributed by atoms with Crippen molar-refractivity contribution < 1.29 is 14.6 Å². The molecule has 0 atom stereocenters. The second-order valence-corrected chi connectivity index (χ2v) is 8.04. The lowest BCUT2D eigenvalue weighted by Gasteiger charge is -2.14. The van der Waals surface area contributed by atoms with Gasteiger partial charge in [-0.25, -0.2) is 9.97 Å². The molecule has 3 aromatic rings. The van der Waals surface area contributed by atoms with E-state index in [1.54, 1.807) is 0 Å². The topological polar surface area (TPSA) is 84.3 Å². The summed E-state index contributed by atoms with van der Waals surface area (Å²) < 4.78 is 5.76. The minimum absolute atomic E-state index is 0.0103. The van der Waals surface area contributed by atoms with Gasteiger partial charge in [-0.1, -0.05) is 30.4 Å². The minimum atomic E-state index is -0.841. The maximum absolute atomic E-state index is 10.9. The van der Waals surface area contributed by atoms with E-state index in [0.29, 0.717) is 5.82 Å². The zero-order valence-electron chi connectivity index (χ0n) is 17.0. The van der Waals surface area contributed by atoms with Crippen LogP contribution in [0.25, 0.3) is 10.7 Å². The van der Waals surface area contributed by atoms with Gasteiger partial charge in [0.25, 0.3) is 0 Å². The summed E-state index contributed by atoms with van der Waals surface area (Å²) in [4.78, 5) is 21.3. The Balaban J connectivity index is 1.89. The number of hydrogen-bond donors (Lipinski definition) is 2. The summed E-state index contributed by atoms with van der Waals surface area (Å²) in [6, 6.07) is 11.3. The monoisotopic (exact) mass is 411 g/mol. The zero-order chi connectivity index (χ0) is 21.0. The lowest BCUT2D eigenvalue weighted by molar-refractivity contribution is -0.136. The Hall–Kier alpha value is -2.93. The smallest absolute Gasteiger partial charge is 0.307 e. The first kappa shape index (κ1) is 20.8. The van der Waals surface area contributed by atoms with Crippen molar-refractivity contribution in [2.24, 2.45) is 0 Å². The molecule has 0 fully saturated rings. The van der Waals surface area contributed by atoms with Crippen molar-refractivity contribution in [2.75, 3.05) is 5.32 Å². The maximum Gasteiger partial charge on any atom is 0.307 e. The van der Waals surface area contributed by atoms with E-state index in [9.17, 15) is 4.79 Å². The molecule has 1 aromatic carbocycles. The van der Waals surface area contributed by atoms with Gasteiger partial charge in [-0.2, -0.15) is 0 Å². The highest BCUT2D eigenvalue weighted by atomic mass is 32.1. The fraction of sp³-hybridized carbons (Fsp3) is 0.318. The first-order chi connectivity index (χ1) is 13.9. The van der Waals surface area contributed by atoms with Gasteiger partial charge in [0.15, 0.2) is 10.9 Å². The van der Waals surface area contributed by atoms with Crippen LogP contribution in [0.4, 0.5) is 11.5 Å². The fourth-order valence-electron chi connectivity index (χ4n) is 2.99. The molecule has 0 radical (unpaired) electrons. The Labute approximate surface area is 174 Å². The van der Waals surface area contributed by atoms with E-state index in [1.165, 1.54) is 11.3 Å². The van der Waals surface area contributed by atoms with Crippen LogP contribution in [0.5, 0.6) is 5.06 Å². The number of ether oxygens (including phenoxy) is 1. The number of benzene rings is 1. The molecule has 7 heteroatoms. The predicted molar refractivity (Wildman–Crippen MR) is 116 cm³/mol. The first-order valence-electron chi connectivity index (χ1n) is 9.57. The van der Waals surface area contributed by atoms with Crippen LogP contribution < -0.4 is 10.1 Å². The van der Waals surface area contributed by atoms with Crippen LogP contribution in [0, 0.1) is 6.92 Å². The number of hydrogen-bond acceptors (Lipinski definition) is 6. The average molecular weight is 412 g/mol. The molecule has 0 bridgehead atoms. The Morgan fingerprint density at radius 2 is 1.90 bits per heavy atom. The van der Waals surface area contributed by atoms with Crippen LogP contribution >= 0.6 is 11.3 Å². The number of thiophene rings is 1. The summed E-state index contributed by atoms with van der Waals surface area (Å²) in [5.41, 5.74) is 3.60. The molecule has 29 heavy (non-hydrogen) atoms. The Morgan fingerprint density at radius 1 is 1.17 bits per heavy atom. The lowest BCUT2D eigenvalue weighted by atomic mass is 10.1. The number of aliphatic carboxylic acids is 1. The molecule has 2 N–H and O–H groups in total. The highest BCUT2D eigenvalue weighted by molar-refractivity contribution is 7.17. The molecule has 0 amide bonds. The van der Waals surface area contributed by atoms with Gasteiger partial charge in [0.2, 0.25) is 0 Å². The Morgan fingerprint density at radius 3 is 2.52 bits per heavy atom. The molecule has 0 aliphatic heterocycles. The number of aromatic nitrogens is 2. The molecular weight excluding hydrogens is 386 g/mol. The zero-order valence-corrected chi connectivity index (χ0v) is 17.8. The fourth-order valence-corrected chi connectivity index (χ4v) is 3.90. The summed E-state index contributed by atoms with van der Waals surface area (Å²) in [6.45, 7) is 8.07. The summed E-state index contributed by atoms with van der Waals surface area (Å²) in [7, 11) is 0. The number of nitrogens with one attached hydrogen (secondary N) is 1. The molecule has 0 saturated carbocycles. The third kappa shape index (κ3) is 5.32. The number of carboxylic acids is 1. The van der Waals surface area contributed by atoms with Crippen molar-refractivity contribution in [1.29, 1.82) is 0 Å². The minimum Gasteiger partial charge on any atom is -0.481 e. The highest BCUT2D eigenvalue weighted by Gasteiger charge is 2.14. The summed E-state index contributed by atoms with van der Waals surface area (Å²) in [5.74, 6) is 0.584. The normalized spacial score (nSPS) is 10.9. The van der Waals surface area contributed by atoms with E-state index in [-0.39, 0.29) is 12.5 Å². The van der Waals surface area contributed by atoms with Crippen molar-refractivity contribution in [3.8, 4) is 15.8 Å². The van der Waals surface area contributed by atoms with Gasteiger partial charge in [0.1, 0.15) is 5.82 Å². The maximum atomic E-state index is 10.9. The molecule has 0 spiro atoms. The van der Waals surface area contributed by atoms with Gasteiger partial charge in [-0.15, -0.1) is 0 Å². The quantitative estimate of drug-likeness (QED) is 0.528. The SMILES string of the molecule is CCc1c(C)nc(-c2ccc(OC(C)C)s2)nc1Nc1ccc(CC(=O)O)cc1. The second kappa shape index (κ2) is 9.05. The second-order valence-electron chi connectivity index (χ2n) is 6.99. The van der Waals surface area contributed by atoms with Crippen LogP contribution in [0.2, 0.25) is 0 Å². The molecule has 2 aromatic heterocycles. The van der Waals surface area contributed by atoms with Crippen LogP contribution in [0.3, 0.4) is 0 Å². The molecule has 0 aliphatic rings. The van der Waals surface area contributed by atoms with Crippen molar-refractivity contribution in [2.45, 2.75) is 46.6 Å². The molecule has 2 heterocycles. The van der Waals surface area contributed by atoms with E-state index in [4.69, 9.17) is 19.8 Å². The summed E-state index contributed by atoms with van der Waals surface area (Å²) in [6.07, 6.45) is 0.932. The molecule has 0 saturated heterocycles. The molecule has 0 aliphatic carbocycles. The molecule has 6 nitrogen and oxygen atoms in total. The number of carboxylic acid groups (broad SMARTS) is 1. The van der Waals surface area contributed by atoms with Crippen molar-refractivity contribution in [1.82, 2.24) is 9.97 Å². The van der Waals surface area contributed by atoms with Gasteiger partial charge in [-0.05, 0) is 57.0 Å². The van der Waals surface area contributed by atoms with E-state index in [1.807, 2.05) is 57.2 Å².